The molecule has 0 bridgehead atoms. The monoisotopic (exact) mass is 365 g/mol. The standard InChI is InChI=1S/C14H15N5O3S2/c15-12(21)9-5-8(6-16-9)10-7-24-13(17-10)18-11(20)1-2-19-3-4-23-14(19)22/h5-7,16H,1-4H2,(H2,15,21)(H,17,18,20). The number of H-pyrrole nitrogens is 1. The largest absolute Gasteiger partial charge is 0.364 e. The smallest absolute Gasteiger partial charge is 0.281 e. The van der Waals surface area contributed by atoms with Crippen molar-refractivity contribution in [1.29, 1.82) is 0 Å². The summed E-state index contributed by atoms with van der Waals surface area (Å²) in [6.07, 6.45) is 1.87. The van der Waals surface area contributed by atoms with E-state index < -0.39 is 5.91 Å². The Labute approximate surface area is 145 Å². The van der Waals surface area contributed by atoms with Gasteiger partial charge in [-0.25, -0.2) is 4.98 Å². The van der Waals surface area contributed by atoms with E-state index in [0.717, 1.165) is 11.3 Å². The van der Waals surface area contributed by atoms with Gasteiger partial charge in [0.1, 0.15) is 5.69 Å². The summed E-state index contributed by atoms with van der Waals surface area (Å²) >= 11 is 2.57. The van der Waals surface area contributed by atoms with Crippen molar-refractivity contribution >= 4 is 45.3 Å². The van der Waals surface area contributed by atoms with Crippen LogP contribution in [0.3, 0.4) is 0 Å². The maximum atomic E-state index is 12.0. The molecule has 0 radical (unpaired) electrons. The highest BCUT2D eigenvalue weighted by atomic mass is 32.2. The molecule has 1 aliphatic rings. The number of thioether (sulfide) groups is 1. The lowest BCUT2D eigenvalue weighted by molar-refractivity contribution is -0.116. The molecule has 1 fully saturated rings. The van der Waals surface area contributed by atoms with E-state index in [4.69, 9.17) is 5.73 Å². The number of aromatic nitrogens is 2. The van der Waals surface area contributed by atoms with Gasteiger partial charge in [-0.05, 0) is 6.07 Å². The van der Waals surface area contributed by atoms with Crippen LogP contribution in [0.1, 0.15) is 16.9 Å². The molecule has 0 unspecified atom stereocenters. The van der Waals surface area contributed by atoms with Crippen molar-refractivity contribution in [1.82, 2.24) is 14.9 Å². The van der Waals surface area contributed by atoms with Crippen LogP contribution >= 0.6 is 23.1 Å². The highest BCUT2D eigenvalue weighted by molar-refractivity contribution is 8.13. The summed E-state index contributed by atoms with van der Waals surface area (Å²) in [7, 11) is 0. The lowest BCUT2D eigenvalue weighted by Crippen LogP contribution is -2.27. The molecule has 0 aromatic carbocycles. The average molecular weight is 365 g/mol. The zero-order chi connectivity index (χ0) is 17.1. The van der Waals surface area contributed by atoms with Gasteiger partial charge in [0.2, 0.25) is 5.91 Å². The first-order chi connectivity index (χ1) is 11.5. The highest BCUT2D eigenvalue weighted by Gasteiger charge is 2.21. The number of thiazole rings is 1. The van der Waals surface area contributed by atoms with Crippen LogP contribution in [-0.2, 0) is 4.79 Å². The quantitative estimate of drug-likeness (QED) is 0.720. The van der Waals surface area contributed by atoms with Crippen LogP contribution in [0.15, 0.2) is 17.6 Å². The summed E-state index contributed by atoms with van der Waals surface area (Å²) in [5.41, 5.74) is 6.87. The number of hydrogen-bond donors (Lipinski definition) is 3. The molecule has 0 atom stereocenters. The van der Waals surface area contributed by atoms with E-state index in [1.54, 1.807) is 22.5 Å². The zero-order valence-corrected chi connectivity index (χ0v) is 14.2. The fourth-order valence-corrected chi connectivity index (χ4v) is 3.78. The second kappa shape index (κ2) is 7.05. The van der Waals surface area contributed by atoms with Crippen LogP contribution < -0.4 is 11.1 Å². The van der Waals surface area contributed by atoms with Crippen LogP contribution in [0.25, 0.3) is 11.3 Å². The first-order valence-corrected chi connectivity index (χ1v) is 9.05. The molecule has 3 amide bonds. The lowest BCUT2D eigenvalue weighted by Gasteiger charge is -2.13. The van der Waals surface area contributed by atoms with Gasteiger partial charge in [-0.3, -0.25) is 14.4 Å². The van der Waals surface area contributed by atoms with Gasteiger partial charge in [-0.1, -0.05) is 11.8 Å². The molecule has 126 valence electrons. The number of nitrogens with zero attached hydrogens (tertiary/aromatic N) is 2. The number of nitrogens with two attached hydrogens (primary N) is 1. The maximum absolute atomic E-state index is 12.0. The Morgan fingerprint density at radius 1 is 1.46 bits per heavy atom. The molecule has 1 aliphatic heterocycles. The van der Waals surface area contributed by atoms with E-state index in [1.165, 1.54) is 23.1 Å². The number of aromatic amines is 1. The predicted molar refractivity (Wildman–Crippen MR) is 93.1 cm³/mol. The van der Waals surface area contributed by atoms with Crippen LogP contribution in [-0.4, -0.2) is 50.8 Å². The average Bonchev–Trinajstić information content (AvgIpc) is 3.25. The molecule has 10 heteroatoms. The summed E-state index contributed by atoms with van der Waals surface area (Å²) in [5, 5.41) is 5.00. The van der Waals surface area contributed by atoms with Crippen LogP contribution in [0.2, 0.25) is 0 Å². The van der Waals surface area contributed by atoms with Crippen molar-refractivity contribution in [2.75, 3.05) is 24.2 Å². The van der Waals surface area contributed by atoms with Crippen molar-refractivity contribution in [2.24, 2.45) is 5.73 Å². The number of carbonyl (C=O) groups is 3. The number of carbonyl (C=O) groups excluding carboxylic acids is 3. The predicted octanol–water partition coefficient (Wildman–Crippen LogP) is 1.73. The minimum absolute atomic E-state index is 0.0250. The molecule has 4 N–H and O–H groups in total. The Balaban J connectivity index is 1.56. The fraction of sp³-hybridized carbons (Fsp3) is 0.286. The van der Waals surface area contributed by atoms with Gasteiger partial charge in [0.05, 0.1) is 5.69 Å². The molecule has 8 nitrogen and oxygen atoms in total. The van der Waals surface area contributed by atoms with Crippen molar-refractivity contribution in [3.8, 4) is 11.3 Å². The third kappa shape index (κ3) is 3.77. The number of amides is 3. The third-order valence-corrected chi connectivity index (χ3v) is 5.10. The molecule has 2 aromatic rings. The molecule has 0 saturated carbocycles. The molecular weight excluding hydrogens is 350 g/mol. The first-order valence-electron chi connectivity index (χ1n) is 7.18. The third-order valence-electron chi connectivity index (χ3n) is 3.45. The van der Waals surface area contributed by atoms with E-state index >= 15 is 0 Å². The molecule has 0 aliphatic carbocycles. The molecule has 2 aromatic heterocycles. The van der Waals surface area contributed by atoms with Crippen molar-refractivity contribution in [2.45, 2.75) is 6.42 Å². The maximum Gasteiger partial charge on any atom is 0.281 e. The second-order valence-electron chi connectivity index (χ2n) is 5.10. The molecule has 0 spiro atoms. The Bertz CT molecular complexity index is 785. The van der Waals surface area contributed by atoms with Gasteiger partial charge in [0, 0.05) is 42.4 Å². The first kappa shape index (κ1) is 16.5. The normalized spacial score (nSPS) is 14.2. The SMILES string of the molecule is NC(=O)c1cc(-c2csc(NC(=O)CCN3CCSC3=O)n2)c[nH]1. The van der Waals surface area contributed by atoms with E-state index in [1.807, 2.05) is 0 Å². The van der Waals surface area contributed by atoms with Crippen LogP contribution in [0.5, 0.6) is 0 Å². The molecule has 24 heavy (non-hydrogen) atoms. The van der Waals surface area contributed by atoms with Crippen molar-refractivity contribution in [3.63, 3.8) is 0 Å². The zero-order valence-electron chi connectivity index (χ0n) is 12.6. The topological polar surface area (TPSA) is 121 Å². The van der Waals surface area contributed by atoms with Crippen molar-refractivity contribution < 1.29 is 14.4 Å². The van der Waals surface area contributed by atoms with E-state index in [2.05, 4.69) is 15.3 Å². The summed E-state index contributed by atoms with van der Waals surface area (Å²) < 4.78 is 0. The Morgan fingerprint density at radius 2 is 2.29 bits per heavy atom. The Morgan fingerprint density at radius 3 is 2.96 bits per heavy atom. The number of nitrogens with one attached hydrogen (secondary N) is 2. The number of rotatable bonds is 6. The van der Waals surface area contributed by atoms with Gasteiger partial charge < -0.3 is 20.9 Å². The Hall–Kier alpha value is -2.33. The number of hydrogen-bond acceptors (Lipinski definition) is 6. The minimum atomic E-state index is -0.542. The van der Waals surface area contributed by atoms with Gasteiger partial charge in [-0.15, -0.1) is 11.3 Å². The fourth-order valence-electron chi connectivity index (χ4n) is 2.20. The van der Waals surface area contributed by atoms with E-state index in [-0.39, 0.29) is 17.6 Å². The van der Waals surface area contributed by atoms with Gasteiger partial charge in [0.25, 0.3) is 11.1 Å². The van der Waals surface area contributed by atoms with E-state index in [9.17, 15) is 14.4 Å². The number of anilines is 1. The molecule has 3 heterocycles. The van der Waals surface area contributed by atoms with Crippen LogP contribution in [0, 0.1) is 0 Å². The summed E-state index contributed by atoms with van der Waals surface area (Å²) in [6.45, 7) is 1.10. The summed E-state index contributed by atoms with van der Waals surface area (Å²) in [6, 6.07) is 1.61. The van der Waals surface area contributed by atoms with Gasteiger partial charge in [0.15, 0.2) is 5.13 Å². The van der Waals surface area contributed by atoms with Gasteiger partial charge in [-0.2, -0.15) is 0 Å². The second-order valence-corrected chi connectivity index (χ2v) is 7.01. The molecule has 1 saturated heterocycles. The number of primary amides is 1. The van der Waals surface area contributed by atoms with E-state index in [0.29, 0.717) is 29.6 Å². The highest BCUT2D eigenvalue weighted by Crippen LogP contribution is 2.25. The van der Waals surface area contributed by atoms with Crippen LogP contribution in [0.4, 0.5) is 9.93 Å². The molecular formula is C14H15N5O3S2. The van der Waals surface area contributed by atoms with Gasteiger partial charge >= 0.3 is 0 Å². The summed E-state index contributed by atoms with van der Waals surface area (Å²) in [4.78, 5) is 43.3. The van der Waals surface area contributed by atoms with Crippen molar-refractivity contribution in [3.05, 3.63) is 23.3 Å². The molecule has 3 rings (SSSR count). The Kier molecular flexibility index (Phi) is 4.86. The minimum Gasteiger partial charge on any atom is -0.364 e. The lowest BCUT2D eigenvalue weighted by atomic mass is 10.2. The summed E-state index contributed by atoms with van der Waals surface area (Å²) in [5.74, 6) is 0.0485.